The van der Waals surface area contributed by atoms with Crippen LogP contribution in [0.1, 0.15) is 5.56 Å². The van der Waals surface area contributed by atoms with E-state index in [2.05, 4.69) is 20.3 Å². The topological polar surface area (TPSA) is 103 Å². The minimum absolute atomic E-state index is 0.0825. The summed E-state index contributed by atoms with van der Waals surface area (Å²) < 4.78 is 5.83. The first-order chi connectivity index (χ1) is 13.7. The molecule has 2 heterocycles. The molecule has 4 rings (SSSR count). The number of pyridine rings is 1. The van der Waals surface area contributed by atoms with Crippen molar-refractivity contribution in [2.45, 2.75) is 6.54 Å². The van der Waals surface area contributed by atoms with Crippen LogP contribution in [0.4, 0.5) is 11.5 Å². The number of aromatic nitrogens is 3. The average Bonchev–Trinajstić information content (AvgIpc) is 2.73. The van der Waals surface area contributed by atoms with Crippen LogP contribution in [-0.4, -0.2) is 19.9 Å². The predicted molar refractivity (Wildman–Crippen MR) is 104 cm³/mol. The van der Waals surface area contributed by atoms with E-state index >= 15 is 0 Å². The molecule has 2 aromatic heterocycles. The molecule has 0 saturated heterocycles. The molecule has 28 heavy (non-hydrogen) atoms. The molecule has 0 amide bonds. The Kier molecular flexibility index (Phi) is 4.75. The van der Waals surface area contributed by atoms with Gasteiger partial charge in [0.25, 0.3) is 0 Å². The summed E-state index contributed by atoms with van der Waals surface area (Å²) in [5.41, 5.74) is 0.547. The molecule has 1 N–H and O–H groups in total. The molecule has 0 spiro atoms. The maximum absolute atomic E-state index is 11.7. The first kappa shape index (κ1) is 17.3. The van der Waals surface area contributed by atoms with Crippen LogP contribution in [0, 0.1) is 10.1 Å². The van der Waals surface area contributed by atoms with Crippen LogP contribution in [0.25, 0.3) is 10.8 Å². The van der Waals surface area contributed by atoms with Crippen molar-refractivity contribution in [2.24, 2.45) is 0 Å². The van der Waals surface area contributed by atoms with Gasteiger partial charge in [-0.3, -0.25) is 15.1 Å². The van der Waals surface area contributed by atoms with Crippen LogP contribution in [0.3, 0.4) is 0 Å². The second-order valence-corrected chi connectivity index (χ2v) is 5.93. The molecular weight excluding hydrogens is 358 g/mol. The molecule has 8 nitrogen and oxygen atoms in total. The maximum atomic E-state index is 11.7. The Morgan fingerprint density at radius 3 is 2.71 bits per heavy atom. The Morgan fingerprint density at radius 1 is 1.04 bits per heavy atom. The monoisotopic (exact) mass is 373 g/mol. The number of rotatable bonds is 6. The summed E-state index contributed by atoms with van der Waals surface area (Å²) in [6.07, 6.45) is 4.57. The van der Waals surface area contributed by atoms with E-state index in [1.807, 2.05) is 42.5 Å². The fourth-order valence-corrected chi connectivity index (χ4v) is 2.81. The van der Waals surface area contributed by atoms with Crippen molar-refractivity contribution >= 4 is 22.3 Å². The first-order valence-corrected chi connectivity index (χ1v) is 8.50. The average molecular weight is 373 g/mol. The number of fused-ring (bicyclic) bond motifs is 1. The molecule has 2 aromatic carbocycles. The van der Waals surface area contributed by atoms with Gasteiger partial charge in [0.05, 0.1) is 4.92 Å². The van der Waals surface area contributed by atoms with Gasteiger partial charge in [0.2, 0.25) is 5.82 Å². The SMILES string of the molecule is O=[N+]([O-])c1c(NCc2cccnc2)ncnc1Oc1cccc2ccccc12. The van der Waals surface area contributed by atoms with Crippen LogP contribution in [0.5, 0.6) is 11.6 Å². The lowest BCUT2D eigenvalue weighted by molar-refractivity contribution is -0.385. The fourth-order valence-electron chi connectivity index (χ4n) is 2.81. The molecular formula is C20H15N5O3. The van der Waals surface area contributed by atoms with Gasteiger partial charge in [0.15, 0.2) is 0 Å². The van der Waals surface area contributed by atoms with E-state index in [-0.39, 0.29) is 17.4 Å². The van der Waals surface area contributed by atoms with Gasteiger partial charge in [0.1, 0.15) is 12.1 Å². The van der Waals surface area contributed by atoms with Crippen LogP contribution in [0.2, 0.25) is 0 Å². The zero-order valence-electron chi connectivity index (χ0n) is 14.6. The zero-order valence-corrected chi connectivity index (χ0v) is 14.6. The standard InChI is InChI=1S/C20H15N5O3/c26-25(27)18-19(22-12-14-5-4-10-21-11-14)23-13-24-20(18)28-17-9-3-7-15-6-1-2-8-16(15)17/h1-11,13H,12H2,(H,22,23,24). The number of hydrogen-bond donors (Lipinski definition) is 1. The summed E-state index contributed by atoms with van der Waals surface area (Å²) >= 11 is 0. The minimum Gasteiger partial charge on any atom is -0.433 e. The number of anilines is 1. The Bertz CT molecular complexity index is 1130. The first-order valence-electron chi connectivity index (χ1n) is 8.50. The predicted octanol–water partition coefficient (Wildman–Crippen LogP) is 4.34. The lowest BCUT2D eigenvalue weighted by atomic mass is 10.1. The minimum atomic E-state index is -0.550. The molecule has 0 aliphatic carbocycles. The van der Waals surface area contributed by atoms with Crippen LogP contribution in [-0.2, 0) is 6.54 Å². The van der Waals surface area contributed by atoms with Crippen molar-refractivity contribution in [3.63, 3.8) is 0 Å². The highest BCUT2D eigenvalue weighted by Gasteiger charge is 2.25. The van der Waals surface area contributed by atoms with E-state index in [1.165, 1.54) is 6.33 Å². The van der Waals surface area contributed by atoms with Crippen LogP contribution in [0.15, 0.2) is 73.3 Å². The van der Waals surface area contributed by atoms with E-state index in [0.29, 0.717) is 12.3 Å². The summed E-state index contributed by atoms with van der Waals surface area (Å²) in [4.78, 5) is 23.2. The molecule has 8 heteroatoms. The lowest BCUT2D eigenvalue weighted by Crippen LogP contribution is -2.07. The van der Waals surface area contributed by atoms with Crippen LogP contribution >= 0.6 is 0 Å². The molecule has 0 atom stereocenters. The molecule has 0 saturated carbocycles. The van der Waals surface area contributed by atoms with E-state index in [9.17, 15) is 10.1 Å². The van der Waals surface area contributed by atoms with Crippen molar-refractivity contribution in [2.75, 3.05) is 5.32 Å². The van der Waals surface area contributed by atoms with Gasteiger partial charge in [-0.2, -0.15) is 4.98 Å². The summed E-state index contributed by atoms with van der Waals surface area (Å²) in [5.74, 6) is 0.447. The number of nitrogens with one attached hydrogen (secondary N) is 1. The second kappa shape index (κ2) is 7.67. The van der Waals surface area contributed by atoms with Crippen molar-refractivity contribution in [1.82, 2.24) is 15.0 Å². The van der Waals surface area contributed by atoms with E-state index < -0.39 is 4.92 Å². The molecule has 4 aromatic rings. The summed E-state index contributed by atoms with van der Waals surface area (Å²) in [5, 5.41) is 16.5. The van der Waals surface area contributed by atoms with Crippen molar-refractivity contribution < 1.29 is 9.66 Å². The lowest BCUT2D eigenvalue weighted by Gasteiger charge is -2.11. The molecule has 0 unspecified atom stereocenters. The van der Waals surface area contributed by atoms with E-state index in [1.54, 1.807) is 24.5 Å². The van der Waals surface area contributed by atoms with Crippen LogP contribution < -0.4 is 10.1 Å². The third kappa shape index (κ3) is 3.56. The van der Waals surface area contributed by atoms with Crippen molar-refractivity contribution in [1.29, 1.82) is 0 Å². The van der Waals surface area contributed by atoms with Gasteiger partial charge in [-0.15, -0.1) is 0 Å². The Hall–Kier alpha value is -4.07. The third-order valence-electron chi connectivity index (χ3n) is 4.11. The van der Waals surface area contributed by atoms with Gasteiger partial charge in [-0.25, -0.2) is 4.98 Å². The summed E-state index contributed by atoms with van der Waals surface area (Å²) in [7, 11) is 0. The van der Waals surface area contributed by atoms with Gasteiger partial charge in [-0.05, 0) is 23.1 Å². The Labute approximate surface area is 160 Å². The highest BCUT2D eigenvalue weighted by molar-refractivity contribution is 5.88. The fraction of sp³-hybridized carbons (Fsp3) is 0.0500. The largest absolute Gasteiger partial charge is 0.433 e. The number of nitrogens with zero attached hydrogens (tertiary/aromatic N) is 4. The van der Waals surface area contributed by atoms with Crippen molar-refractivity contribution in [3.05, 3.63) is 89.0 Å². The molecule has 0 bridgehead atoms. The van der Waals surface area contributed by atoms with Crippen molar-refractivity contribution in [3.8, 4) is 11.6 Å². The zero-order chi connectivity index (χ0) is 19.3. The molecule has 138 valence electrons. The maximum Gasteiger partial charge on any atom is 0.373 e. The number of ether oxygens (including phenoxy) is 1. The number of hydrogen-bond acceptors (Lipinski definition) is 7. The van der Waals surface area contributed by atoms with Gasteiger partial charge >= 0.3 is 11.6 Å². The van der Waals surface area contributed by atoms with Gasteiger partial charge in [0, 0.05) is 24.3 Å². The second-order valence-electron chi connectivity index (χ2n) is 5.93. The third-order valence-corrected chi connectivity index (χ3v) is 4.11. The van der Waals surface area contributed by atoms with E-state index in [0.717, 1.165) is 16.3 Å². The molecule has 0 aliphatic rings. The summed E-state index contributed by atoms with van der Waals surface area (Å²) in [6, 6.07) is 16.8. The number of nitro groups is 1. The number of benzene rings is 2. The van der Waals surface area contributed by atoms with E-state index in [4.69, 9.17) is 4.74 Å². The summed E-state index contributed by atoms with van der Waals surface area (Å²) in [6.45, 7) is 0.333. The highest BCUT2D eigenvalue weighted by atomic mass is 16.6. The normalized spacial score (nSPS) is 10.6. The molecule has 0 fully saturated rings. The molecule has 0 radical (unpaired) electrons. The molecule has 0 aliphatic heterocycles. The smallest absolute Gasteiger partial charge is 0.373 e. The van der Waals surface area contributed by atoms with Gasteiger partial charge < -0.3 is 10.1 Å². The Morgan fingerprint density at radius 2 is 1.89 bits per heavy atom. The highest BCUT2D eigenvalue weighted by Crippen LogP contribution is 2.36. The Balaban J connectivity index is 1.68. The van der Waals surface area contributed by atoms with Gasteiger partial charge in [-0.1, -0.05) is 42.5 Å². The quantitative estimate of drug-likeness (QED) is 0.396.